The molecule has 0 unspecified atom stereocenters. The number of amides is 2. The highest BCUT2D eigenvalue weighted by atomic mass is 79.9. The predicted molar refractivity (Wildman–Crippen MR) is 160 cm³/mol. The van der Waals surface area contributed by atoms with Crippen LogP contribution < -0.4 is 15.0 Å². The van der Waals surface area contributed by atoms with E-state index in [2.05, 4.69) is 21.2 Å². The van der Waals surface area contributed by atoms with Gasteiger partial charge in [0.25, 0.3) is 5.91 Å². The minimum Gasteiger partial charge on any atom is -0.477 e. The summed E-state index contributed by atoms with van der Waals surface area (Å²) in [6.45, 7) is -0.192. The number of ether oxygens (including phenoxy) is 1. The van der Waals surface area contributed by atoms with Gasteiger partial charge in [0.2, 0.25) is 15.9 Å². The molecule has 0 aromatic heterocycles. The second-order valence-corrected chi connectivity index (χ2v) is 12.3. The zero-order valence-corrected chi connectivity index (χ0v) is 24.4. The van der Waals surface area contributed by atoms with Crippen molar-refractivity contribution in [2.24, 2.45) is 0 Å². The third-order valence-corrected chi connectivity index (χ3v) is 8.98. The van der Waals surface area contributed by atoms with E-state index >= 15 is 0 Å². The summed E-state index contributed by atoms with van der Waals surface area (Å²) in [6.07, 6.45) is -0.969. The van der Waals surface area contributed by atoms with E-state index < -0.39 is 28.6 Å². The Morgan fingerprint density at radius 1 is 0.854 bits per heavy atom. The number of hydrogen-bond acceptors (Lipinski definition) is 5. The van der Waals surface area contributed by atoms with E-state index in [0.717, 1.165) is 19.9 Å². The lowest BCUT2D eigenvalue weighted by molar-refractivity contribution is -0.128. The molecule has 210 valence electrons. The smallest absolute Gasteiger partial charge is 0.263 e. The van der Waals surface area contributed by atoms with Gasteiger partial charge in [-0.1, -0.05) is 88.7 Å². The molecular weight excluding hydrogens is 606 g/mol. The van der Waals surface area contributed by atoms with Crippen LogP contribution >= 0.6 is 15.9 Å². The fourth-order valence-corrected chi connectivity index (χ4v) is 6.17. The van der Waals surface area contributed by atoms with Crippen LogP contribution in [0.4, 0.5) is 5.69 Å². The summed E-state index contributed by atoms with van der Waals surface area (Å²) in [7, 11) is -4.03. The highest BCUT2D eigenvalue weighted by molar-refractivity contribution is 9.10. The molecule has 4 aromatic rings. The normalized spacial score (nSPS) is 14.7. The summed E-state index contributed by atoms with van der Waals surface area (Å²) >= 11 is 3.40. The van der Waals surface area contributed by atoms with E-state index in [9.17, 15) is 18.0 Å². The average molecular weight is 635 g/mol. The molecule has 1 heterocycles. The van der Waals surface area contributed by atoms with Crippen molar-refractivity contribution >= 4 is 43.5 Å². The van der Waals surface area contributed by atoms with Crippen LogP contribution in [0.1, 0.15) is 11.1 Å². The molecule has 4 aromatic carbocycles. The topological polar surface area (TPSA) is 96.0 Å². The van der Waals surface area contributed by atoms with Gasteiger partial charge in [-0.25, -0.2) is 8.42 Å². The Bertz CT molecular complexity index is 1620. The monoisotopic (exact) mass is 633 g/mol. The molecule has 0 fully saturated rings. The van der Waals surface area contributed by atoms with Crippen molar-refractivity contribution in [1.29, 1.82) is 0 Å². The minimum atomic E-state index is -4.03. The lowest BCUT2D eigenvalue weighted by atomic mass is 10.1. The first kappa shape index (κ1) is 28.5. The minimum absolute atomic E-state index is 0.0107. The van der Waals surface area contributed by atoms with Crippen LogP contribution in [0.15, 0.2) is 119 Å². The maximum absolute atomic E-state index is 13.9. The van der Waals surface area contributed by atoms with Crippen LogP contribution in [-0.2, 0) is 32.7 Å². The molecule has 1 N–H and O–H groups in total. The van der Waals surface area contributed by atoms with Crippen LogP contribution in [0.25, 0.3) is 0 Å². The molecule has 0 saturated heterocycles. The Morgan fingerprint density at radius 3 is 2.20 bits per heavy atom. The second kappa shape index (κ2) is 12.7. The summed E-state index contributed by atoms with van der Waals surface area (Å²) in [5.41, 5.74) is 2.13. The highest BCUT2D eigenvalue weighted by Crippen LogP contribution is 2.33. The first-order valence-electron chi connectivity index (χ1n) is 13.0. The number of carbonyl (C=O) groups is 2. The molecule has 8 nitrogen and oxygen atoms in total. The van der Waals surface area contributed by atoms with Crippen LogP contribution in [0.5, 0.6) is 5.75 Å². The number of hydrogen-bond donors (Lipinski definition) is 1. The molecule has 41 heavy (non-hydrogen) atoms. The van der Waals surface area contributed by atoms with Gasteiger partial charge in [0.05, 0.1) is 23.7 Å². The Balaban J connectivity index is 1.40. The molecule has 2 amide bonds. The summed E-state index contributed by atoms with van der Waals surface area (Å²) in [5, 5.41) is 2.87. The van der Waals surface area contributed by atoms with E-state index in [0.29, 0.717) is 18.0 Å². The highest BCUT2D eigenvalue weighted by Gasteiger charge is 2.36. The number of anilines is 1. The van der Waals surface area contributed by atoms with Crippen molar-refractivity contribution in [2.45, 2.75) is 24.1 Å². The standard InChI is InChI=1S/C31H28BrN3O5S/c32-25-17-15-24(16-18-25)20-34(41(38,39)26-11-5-2-6-12-26)22-30(36)35-21-29(40-28-14-8-7-13-27(28)35)31(37)33-19-23-9-3-1-4-10-23/h1-18,29H,19-22H2,(H,33,37)/t29-/m1/s1. The zero-order valence-electron chi connectivity index (χ0n) is 22.0. The van der Waals surface area contributed by atoms with Crippen molar-refractivity contribution in [3.63, 3.8) is 0 Å². The van der Waals surface area contributed by atoms with Gasteiger partial charge in [0, 0.05) is 17.6 Å². The predicted octanol–water partition coefficient (Wildman–Crippen LogP) is 4.75. The molecular formula is C31H28BrN3O5S. The molecule has 0 saturated carbocycles. The summed E-state index contributed by atoms with van der Waals surface area (Å²) in [4.78, 5) is 28.5. The fraction of sp³-hybridized carbons (Fsp3) is 0.161. The molecule has 10 heteroatoms. The molecule has 5 rings (SSSR count). The maximum Gasteiger partial charge on any atom is 0.263 e. The molecule has 1 aliphatic rings. The lowest BCUT2D eigenvalue weighted by Gasteiger charge is -2.35. The first-order chi connectivity index (χ1) is 19.8. The Labute approximate surface area is 247 Å². The number of sulfonamides is 1. The van der Waals surface area contributed by atoms with Gasteiger partial charge >= 0.3 is 0 Å². The lowest BCUT2D eigenvalue weighted by Crippen LogP contribution is -2.52. The molecule has 1 aliphatic heterocycles. The van der Waals surface area contributed by atoms with E-state index in [4.69, 9.17) is 4.74 Å². The molecule has 0 aliphatic carbocycles. The van der Waals surface area contributed by atoms with Gasteiger partial charge in [0.15, 0.2) is 6.10 Å². The third kappa shape index (κ3) is 6.84. The van der Waals surface area contributed by atoms with Crippen LogP contribution in [0.3, 0.4) is 0 Å². The maximum atomic E-state index is 13.9. The van der Waals surface area contributed by atoms with E-state index in [1.807, 2.05) is 42.5 Å². The largest absolute Gasteiger partial charge is 0.477 e. The van der Waals surface area contributed by atoms with Gasteiger partial charge < -0.3 is 15.0 Å². The molecule has 0 radical (unpaired) electrons. The Kier molecular flexibility index (Phi) is 8.82. The van der Waals surface area contributed by atoms with Gasteiger partial charge in [-0.15, -0.1) is 0 Å². The number of carbonyl (C=O) groups excluding carboxylic acids is 2. The van der Waals surface area contributed by atoms with Crippen LogP contribution in [0.2, 0.25) is 0 Å². The quantitative estimate of drug-likeness (QED) is 0.287. The number of nitrogens with one attached hydrogen (secondary N) is 1. The number of nitrogens with zero attached hydrogens (tertiary/aromatic N) is 2. The second-order valence-electron chi connectivity index (χ2n) is 9.49. The third-order valence-electron chi connectivity index (χ3n) is 6.64. The number of fused-ring (bicyclic) bond motifs is 1. The summed E-state index contributed by atoms with van der Waals surface area (Å²) in [6, 6.07) is 31.7. The van der Waals surface area contributed by atoms with Crippen molar-refractivity contribution in [3.8, 4) is 5.75 Å². The van der Waals surface area contributed by atoms with Gasteiger partial charge in [-0.2, -0.15) is 4.31 Å². The number of benzene rings is 4. The van der Waals surface area contributed by atoms with Crippen LogP contribution in [0, 0.1) is 0 Å². The summed E-state index contributed by atoms with van der Waals surface area (Å²) < 4.78 is 35.4. The van der Waals surface area contributed by atoms with E-state index in [-0.39, 0.29) is 23.9 Å². The number of para-hydroxylation sites is 2. The van der Waals surface area contributed by atoms with Gasteiger partial charge in [-0.3, -0.25) is 9.59 Å². The first-order valence-corrected chi connectivity index (χ1v) is 15.2. The molecule has 0 spiro atoms. The van der Waals surface area contributed by atoms with Crippen molar-refractivity contribution < 1.29 is 22.7 Å². The molecule has 1 atom stereocenters. The summed E-state index contributed by atoms with van der Waals surface area (Å²) in [5.74, 6) is -0.472. The molecule has 0 bridgehead atoms. The van der Waals surface area contributed by atoms with Crippen molar-refractivity contribution in [2.75, 3.05) is 18.0 Å². The van der Waals surface area contributed by atoms with E-state index in [1.54, 1.807) is 54.6 Å². The number of rotatable bonds is 9. The number of halogens is 1. The van der Waals surface area contributed by atoms with Gasteiger partial charge in [0.1, 0.15) is 5.75 Å². The van der Waals surface area contributed by atoms with Gasteiger partial charge in [-0.05, 0) is 47.5 Å². The van der Waals surface area contributed by atoms with Crippen LogP contribution in [-0.4, -0.2) is 43.7 Å². The Hall–Kier alpha value is -3.99. The fourth-order valence-electron chi connectivity index (χ4n) is 4.50. The average Bonchev–Trinajstić information content (AvgIpc) is 3.00. The van der Waals surface area contributed by atoms with E-state index in [1.165, 1.54) is 17.0 Å². The van der Waals surface area contributed by atoms with Crippen molar-refractivity contribution in [3.05, 3.63) is 125 Å². The Morgan fingerprint density at radius 2 is 1.49 bits per heavy atom. The zero-order chi connectivity index (χ0) is 28.8. The SMILES string of the molecule is O=C(NCc1ccccc1)[C@H]1CN(C(=O)CN(Cc2ccc(Br)cc2)S(=O)(=O)c2ccccc2)c2ccccc2O1. The van der Waals surface area contributed by atoms with Crippen molar-refractivity contribution in [1.82, 2.24) is 9.62 Å².